The number of likely N-dealkylation sites (tertiary alicyclic amines) is 1. The zero-order chi connectivity index (χ0) is 21.6. The van der Waals surface area contributed by atoms with Crippen LogP contribution in [0.4, 0.5) is 0 Å². The highest BCUT2D eigenvalue weighted by atomic mass is 35.5. The fourth-order valence-electron chi connectivity index (χ4n) is 4.14. The van der Waals surface area contributed by atoms with E-state index in [9.17, 15) is 4.79 Å². The van der Waals surface area contributed by atoms with Gasteiger partial charge in [-0.05, 0) is 72.8 Å². The Kier molecular flexibility index (Phi) is 7.00. The average molecular weight is 434 g/mol. The first-order chi connectivity index (χ1) is 15.1. The number of amides is 1. The molecule has 4 nitrogen and oxygen atoms in total. The molecule has 1 atom stereocenters. The van der Waals surface area contributed by atoms with E-state index in [2.05, 4.69) is 51.6 Å². The number of nitrogens with zero attached hydrogens (tertiary/aromatic N) is 2. The Morgan fingerprint density at radius 1 is 1.13 bits per heavy atom. The normalized spacial score (nSPS) is 16.8. The lowest BCUT2D eigenvalue weighted by atomic mass is 10.0. The molecule has 2 aromatic carbocycles. The van der Waals surface area contributed by atoms with Crippen LogP contribution in [0.15, 0.2) is 66.9 Å². The molecule has 1 amide bonds. The number of benzene rings is 2. The number of carbonyl (C=O) groups is 1. The summed E-state index contributed by atoms with van der Waals surface area (Å²) in [7, 11) is 0. The zero-order valence-corrected chi connectivity index (χ0v) is 18.6. The molecule has 1 unspecified atom stereocenters. The molecule has 1 N–H and O–H groups in total. The first-order valence-corrected chi connectivity index (χ1v) is 11.2. The van der Waals surface area contributed by atoms with Crippen LogP contribution in [0.2, 0.25) is 5.02 Å². The van der Waals surface area contributed by atoms with Crippen molar-refractivity contribution in [2.45, 2.75) is 38.8 Å². The van der Waals surface area contributed by atoms with Crippen LogP contribution in [-0.4, -0.2) is 34.9 Å². The molecule has 0 saturated carbocycles. The number of hydrogen-bond acceptors (Lipinski definition) is 3. The van der Waals surface area contributed by atoms with Crippen molar-refractivity contribution in [3.8, 4) is 11.1 Å². The van der Waals surface area contributed by atoms with Gasteiger partial charge in [0.05, 0.1) is 6.42 Å². The zero-order valence-electron chi connectivity index (χ0n) is 17.9. The maximum atomic E-state index is 12.4. The monoisotopic (exact) mass is 433 g/mol. The van der Waals surface area contributed by atoms with Crippen LogP contribution >= 0.6 is 11.6 Å². The molecule has 0 radical (unpaired) electrons. The van der Waals surface area contributed by atoms with Crippen LogP contribution in [0.3, 0.4) is 0 Å². The molecule has 0 spiro atoms. The standard InChI is InChI=1S/C26H28ClN3O/c1-19-10-11-22(15-25(19)27)21-7-4-6-20(14-21)17-30-13-5-9-24(18-30)29-26(31)16-23-8-2-3-12-28-23/h2-4,6-8,10-12,14-15,24H,5,9,13,16-18H2,1H3,(H,29,31). The molecule has 1 saturated heterocycles. The molecule has 2 heterocycles. The molecule has 1 aliphatic rings. The summed E-state index contributed by atoms with van der Waals surface area (Å²) >= 11 is 6.32. The summed E-state index contributed by atoms with van der Waals surface area (Å²) in [6.07, 6.45) is 4.16. The van der Waals surface area contributed by atoms with E-state index in [1.807, 2.05) is 31.2 Å². The Balaban J connectivity index is 1.36. The first-order valence-electron chi connectivity index (χ1n) is 10.8. The number of piperidine rings is 1. The number of aromatic nitrogens is 1. The van der Waals surface area contributed by atoms with Gasteiger partial charge in [-0.3, -0.25) is 14.7 Å². The second-order valence-corrected chi connectivity index (χ2v) is 8.71. The van der Waals surface area contributed by atoms with Crippen molar-refractivity contribution in [3.05, 3.63) is 88.7 Å². The van der Waals surface area contributed by atoms with Crippen molar-refractivity contribution in [3.63, 3.8) is 0 Å². The number of aryl methyl sites for hydroxylation is 1. The highest BCUT2D eigenvalue weighted by Crippen LogP contribution is 2.26. The topological polar surface area (TPSA) is 45.2 Å². The predicted molar refractivity (Wildman–Crippen MR) is 126 cm³/mol. The summed E-state index contributed by atoms with van der Waals surface area (Å²) in [4.78, 5) is 19.1. The average Bonchev–Trinajstić information content (AvgIpc) is 2.77. The minimum atomic E-state index is 0.0452. The number of rotatable bonds is 6. The Morgan fingerprint density at radius 3 is 2.81 bits per heavy atom. The molecule has 0 bridgehead atoms. The Labute approximate surface area is 189 Å². The van der Waals surface area contributed by atoms with Gasteiger partial charge in [0.15, 0.2) is 0 Å². The van der Waals surface area contributed by atoms with Crippen LogP contribution in [0, 0.1) is 6.92 Å². The number of nitrogens with one attached hydrogen (secondary N) is 1. The summed E-state index contributed by atoms with van der Waals surface area (Å²) in [5.74, 6) is 0.0452. The van der Waals surface area contributed by atoms with Gasteiger partial charge in [0, 0.05) is 36.0 Å². The van der Waals surface area contributed by atoms with E-state index in [0.717, 1.165) is 54.3 Å². The third-order valence-corrected chi connectivity index (χ3v) is 6.18. The third kappa shape index (κ3) is 5.93. The second-order valence-electron chi connectivity index (χ2n) is 8.30. The molecule has 1 aliphatic heterocycles. The summed E-state index contributed by atoms with van der Waals surface area (Å²) in [6, 6.07) is 20.7. The summed E-state index contributed by atoms with van der Waals surface area (Å²) < 4.78 is 0. The van der Waals surface area contributed by atoms with E-state index < -0.39 is 0 Å². The van der Waals surface area contributed by atoms with Crippen molar-refractivity contribution in [2.24, 2.45) is 0 Å². The van der Waals surface area contributed by atoms with Gasteiger partial charge in [-0.1, -0.05) is 48.0 Å². The fourth-order valence-corrected chi connectivity index (χ4v) is 4.32. The lowest BCUT2D eigenvalue weighted by Gasteiger charge is -2.33. The number of pyridine rings is 1. The Bertz CT molecular complexity index is 1040. The van der Waals surface area contributed by atoms with Gasteiger partial charge in [-0.2, -0.15) is 0 Å². The highest BCUT2D eigenvalue weighted by molar-refractivity contribution is 6.31. The Morgan fingerprint density at radius 2 is 2.00 bits per heavy atom. The smallest absolute Gasteiger partial charge is 0.226 e. The van der Waals surface area contributed by atoms with Gasteiger partial charge >= 0.3 is 0 Å². The van der Waals surface area contributed by atoms with Gasteiger partial charge < -0.3 is 5.32 Å². The van der Waals surface area contributed by atoms with Crippen molar-refractivity contribution < 1.29 is 4.79 Å². The maximum Gasteiger partial charge on any atom is 0.226 e. The Hall–Kier alpha value is -2.69. The molecular formula is C26H28ClN3O. The minimum Gasteiger partial charge on any atom is -0.352 e. The van der Waals surface area contributed by atoms with Crippen molar-refractivity contribution in [2.75, 3.05) is 13.1 Å². The van der Waals surface area contributed by atoms with Gasteiger partial charge in [-0.25, -0.2) is 0 Å². The fraction of sp³-hybridized carbons (Fsp3) is 0.308. The van der Waals surface area contributed by atoms with E-state index in [1.165, 1.54) is 11.1 Å². The van der Waals surface area contributed by atoms with Crippen molar-refractivity contribution >= 4 is 17.5 Å². The molecule has 5 heteroatoms. The molecular weight excluding hydrogens is 406 g/mol. The van der Waals surface area contributed by atoms with Gasteiger partial charge in [-0.15, -0.1) is 0 Å². The van der Waals surface area contributed by atoms with E-state index in [1.54, 1.807) is 6.20 Å². The van der Waals surface area contributed by atoms with E-state index in [4.69, 9.17) is 11.6 Å². The van der Waals surface area contributed by atoms with Crippen LogP contribution < -0.4 is 5.32 Å². The minimum absolute atomic E-state index is 0.0452. The summed E-state index contributed by atoms with van der Waals surface area (Å²) in [6.45, 7) is 4.81. The summed E-state index contributed by atoms with van der Waals surface area (Å²) in [5, 5.41) is 3.99. The van der Waals surface area contributed by atoms with Gasteiger partial charge in [0.2, 0.25) is 5.91 Å². The van der Waals surface area contributed by atoms with E-state index in [0.29, 0.717) is 6.42 Å². The molecule has 4 rings (SSSR count). The van der Waals surface area contributed by atoms with Crippen LogP contribution in [-0.2, 0) is 17.8 Å². The molecule has 160 valence electrons. The van der Waals surface area contributed by atoms with Crippen LogP contribution in [0.1, 0.15) is 29.7 Å². The predicted octanol–water partition coefficient (Wildman–Crippen LogP) is 5.03. The number of carbonyl (C=O) groups excluding carboxylic acids is 1. The maximum absolute atomic E-state index is 12.4. The highest BCUT2D eigenvalue weighted by Gasteiger charge is 2.21. The molecule has 1 fully saturated rings. The van der Waals surface area contributed by atoms with Crippen LogP contribution in [0.25, 0.3) is 11.1 Å². The first kappa shape index (κ1) is 21.5. The largest absolute Gasteiger partial charge is 0.352 e. The van der Waals surface area contributed by atoms with Crippen molar-refractivity contribution in [1.82, 2.24) is 15.2 Å². The molecule has 1 aromatic heterocycles. The lowest BCUT2D eigenvalue weighted by Crippen LogP contribution is -2.47. The third-order valence-electron chi connectivity index (χ3n) is 5.78. The SMILES string of the molecule is Cc1ccc(-c2cccc(CN3CCCC(NC(=O)Cc4ccccn4)C3)c2)cc1Cl. The van der Waals surface area contributed by atoms with E-state index >= 15 is 0 Å². The quantitative estimate of drug-likeness (QED) is 0.592. The van der Waals surface area contributed by atoms with Crippen LogP contribution in [0.5, 0.6) is 0 Å². The molecule has 0 aliphatic carbocycles. The number of hydrogen-bond donors (Lipinski definition) is 1. The molecule has 3 aromatic rings. The lowest BCUT2D eigenvalue weighted by molar-refractivity contribution is -0.121. The second kappa shape index (κ2) is 10.1. The molecule has 31 heavy (non-hydrogen) atoms. The van der Waals surface area contributed by atoms with E-state index in [-0.39, 0.29) is 11.9 Å². The van der Waals surface area contributed by atoms with Gasteiger partial charge in [0.25, 0.3) is 0 Å². The van der Waals surface area contributed by atoms with Gasteiger partial charge in [0.1, 0.15) is 0 Å². The number of halogens is 1. The van der Waals surface area contributed by atoms with Crippen molar-refractivity contribution in [1.29, 1.82) is 0 Å². The summed E-state index contributed by atoms with van der Waals surface area (Å²) in [5.41, 5.74) is 5.48.